The lowest BCUT2D eigenvalue weighted by atomic mass is 9.71. The number of ether oxygens (including phenoxy) is 2. The zero-order chi connectivity index (χ0) is 17.8. The Kier molecular flexibility index (Phi) is 5.49. The number of amides is 1. The first kappa shape index (κ1) is 18.3. The molecule has 6 nitrogen and oxygen atoms in total. The van der Waals surface area contributed by atoms with E-state index in [0.717, 1.165) is 5.56 Å². The van der Waals surface area contributed by atoms with E-state index in [1.165, 1.54) is 0 Å². The Morgan fingerprint density at radius 2 is 1.88 bits per heavy atom. The second kappa shape index (κ2) is 7.21. The number of aliphatic hydroxyl groups is 1. The Morgan fingerprint density at radius 1 is 1.25 bits per heavy atom. The molecule has 0 radical (unpaired) electrons. The van der Waals surface area contributed by atoms with Gasteiger partial charge in [0.1, 0.15) is 12.2 Å². The Balaban J connectivity index is 1.67. The van der Waals surface area contributed by atoms with Crippen LogP contribution in [0.5, 0.6) is 0 Å². The van der Waals surface area contributed by atoms with Gasteiger partial charge in [-0.15, -0.1) is 0 Å². The maximum Gasteiger partial charge on any atom is 0.407 e. The first-order valence-corrected chi connectivity index (χ1v) is 8.07. The van der Waals surface area contributed by atoms with Crippen molar-refractivity contribution in [1.29, 1.82) is 0 Å². The molecule has 1 aliphatic carbocycles. The van der Waals surface area contributed by atoms with Gasteiger partial charge in [-0.05, 0) is 39.2 Å². The molecule has 0 heterocycles. The summed E-state index contributed by atoms with van der Waals surface area (Å²) in [6.07, 6.45) is -0.0325. The lowest BCUT2D eigenvalue weighted by Gasteiger charge is -2.42. The van der Waals surface area contributed by atoms with Gasteiger partial charge in [-0.2, -0.15) is 0 Å². The molecule has 1 amide bonds. The number of hydrogen-bond donors (Lipinski definition) is 2. The van der Waals surface area contributed by atoms with Crippen molar-refractivity contribution in [3.05, 3.63) is 35.9 Å². The molecule has 0 bridgehead atoms. The number of alkyl carbamates (subject to hydrolysis) is 1. The highest BCUT2D eigenvalue weighted by molar-refractivity contribution is 5.74. The zero-order valence-corrected chi connectivity index (χ0v) is 14.4. The molecule has 1 saturated carbocycles. The largest absolute Gasteiger partial charge is 0.460 e. The molecule has 0 spiro atoms. The summed E-state index contributed by atoms with van der Waals surface area (Å²) in [5.41, 5.74) is -0.725. The van der Waals surface area contributed by atoms with E-state index in [0.29, 0.717) is 0 Å². The van der Waals surface area contributed by atoms with Crippen LogP contribution >= 0.6 is 0 Å². The SMILES string of the molecule is CC(C)(C)OC(=O)C1CC(O)(CNC(=O)OCc2ccccc2)C1. The number of carbonyl (C=O) groups excluding carboxylic acids is 2. The standard InChI is InChI=1S/C18H25NO5/c1-17(2,3)24-15(20)14-9-18(22,10-14)12-19-16(21)23-11-13-7-5-4-6-8-13/h4-8,14,22H,9-12H2,1-3H3,(H,19,21). The van der Waals surface area contributed by atoms with Crippen molar-refractivity contribution < 1.29 is 24.2 Å². The molecule has 1 aromatic carbocycles. The Labute approximate surface area is 142 Å². The van der Waals surface area contributed by atoms with E-state index in [1.807, 2.05) is 30.3 Å². The van der Waals surface area contributed by atoms with E-state index in [1.54, 1.807) is 20.8 Å². The minimum absolute atomic E-state index is 0.0555. The summed E-state index contributed by atoms with van der Waals surface area (Å²) < 4.78 is 10.4. The van der Waals surface area contributed by atoms with Gasteiger partial charge in [0.15, 0.2) is 0 Å². The summed E-state index contributed by atoms with van der Waals surface area (Å²) in [5, 5.41) is 12.8. The Morgan fingerprint density at radius 3 is 2.46 bits per heavy atom. The van der Waals surface area contributed by atoms with E-state index in [-0.39, 0.29) is 37.9 Å². The maximum atomic E-state index is 11.9. The molecular formula is C18H25NO5. The molecule has 1 aromatic rings. The van der Waals surface area contributed by atoms with Crippen LogP contribution in [-0.4, -0.2) is 34.9 Å². The average Bonchev–Trinajstić information content (AvgIpc) is 2.47. The van der Waals surface area contributed by atoms with Crippen LogP contribution in [0, 0.1) is 5.92 Å². The number of rotatable bonds is 5. The summed E-state index contributed by atoms with van der Waals surface area (Å²) >= 11 is 0. The first-order valence-electron chi connectivity index (χ1n) is 8.07. The molecule has 2 rings (SSSR count). The third-order valence-electron chi connectivity index (χ3n) is 3.77. The van der Waals surface area contributed by atoms with Gasteiger partial charge in [0.25, 0.3) is 0 Å². The fraction of sp³-hybridized carbons (Fsp3) is 0.556. The number of nitrogens with one attached hydrogen (secondary N) is 1. The fourth-order valence-electron chi connectivity index (χ4n) is 2.56. The van der Waals surface area contributed by atoms with Crippen molar-refractivity contribution in [1.82, 2.24) is 5.32 Å². The lowest BCUT2D eigenvalue weighted by molar-refractivity contribution is -0.174. The number of carbonyl (C=O) groups is 2. The smallest absolute Gasteiger partial charge is 0.407 e. The van der Waals surface area contributed by atoms with E-state index in [4.69, 9.17) is 9.47 Å². The summed E-state index contributed by atoms with van der Waals surface area (Å²) in [6.45, 7) is 5.64. The molecule has 0 atom stereocenters. The van der Waals surface area contributed by atoms with Crippen molar-refractivity contribution in [3.8, 4) is 0 Å². The molecule has 2 N–H and O–H groups in total. The van der Waals surface area contributed by atoms with Crippen LogP contribution in [0.4, 0.5) is 4.79 Å². The van der Waals surface area contributed by atoms with Gasteiger partial charge in [-0.25, -0.2) is 4.79 Å². The van der Waals surface area contributed by atoms with Crippen molar-refractivity contribution in [2.45, 2.75) is 51.4 Å². The van der Waals surface area contributed by atoms with Crippen LogP contribution < -0.4 is 5.32 Å². The number of hydrogen-bond acceptors (Lipinski definition) is 5. The van der Waals surface area contributed by atoms with E-state index >= 15 is 0 Å². The van der Waals surface area contributed by atoms with Crippen molar-refractivity contribution in [3.63, 3.8) is 0 Å². The lowest BCUT2D eigenvalue weighted by Crippen LogP contribution is -2.54. The Bertz CT molecular complexity index is 573. The van der Waals surface area contributed by atoms with Crippen LogP contribution in [0.15, 0.2) is 30.3 Å². The van der Waals surface area contributed by atoms with Crippen LogP contribution in [-0.2, 0) is 20.9 Å². The molecule has 1 aliphatic rings. The summed E-state index contributed by atoms with van der Waals surface area (Å²) in [4.78, 5) is 23.6. The highest BCUT2D eigenvalue weighted by atomic mass is 16.6. The molecule has 132 valence electrons. The predicted octanol–water partition coefficient (Wildman–Crippen LogP) is 2.40. The average molecular weight is 335 g/mol. The fourth-order valence-corrected chi connectivity index (χ4v) is 2.56. The number of benzene rings is 1. The van der Waals surface area contributed by atoms with Gasteiger partial charge in [0.2, 0.25) is 0 Å². The van der Waals surface area contributed by atoms with Gasteiger partial charge in [0.05, 0.1) is 11.5 Å². The predicted molar refractivity (Wildman–Crippen MR) is 88.1 cm³/mol. The second-order valence-electron chi connectivity index (χ2n) is 7.28. The minimum atomic E-state index is -1.08. The van der Waals surface area contributed by atoms with E-state index in [9.17, 15) is 14.7 Å². The molecule has 24 heavy (non-hydrogen) atoms. The quantitative estimate of drug-likeness (QED) is 0.807. The Hall–Kier alpha value is -2.08. The van der Waals surface area contributed by atoms with Crippen molar-refractivity contribution >= 4 is 12.1 Å². The van der Waals surface area contributed by atoms with Gasteiger partial charge >= 0.3 is 12.1 Å². The highest BCUT2D eigenvalue weighted by Crippen LogP contribution is 2.38. The molecule has 0 saturated heterocycles. The third kappa shape index (κ3) is 5.53. The van der Waals surface area contributed by atoms with Gasteiger partial charge in [0, 0.05) is 6.54 Å². The monoisotopic (exact) mass is 335 g/mol. The number of esters is 1. The van der Waals surface area contributed by atoms with Gasteiger partial charge in [-0.1, -0.05) is 30.3 Å². The van der Waals surface area contributed by atoms with Crippen molar-refractivity contribution in [2.75, 3.05) is 6.54 Å². The van der Waals surface area contributed by atoms with Crippen LogP contribution in [0.1, 0.15) is 39.2 Å². The van der Waals surface area contributed by atoms with E-state index in [2.05, 4.69) is 5.32 Å². The molecular weight excluding hydrogens is 310 g/mol. The first-order chi connectivity index (χ1) is 11.2. The molecule has 0 unspecified atom stereocenters. The topological polar surface area (TPSA) is 84.9 Å². The normalized spacial score (nSPS) is 23.1. The van der Waals surface area contributed by atoms with Crippen LogP contribution in [0.25, 0.3) is 0 Å². The van der Waals surface area contributed by atoms with Crippen molar-refractivity contribution in [2.24, 2.45) is 5.92 Å². The molecule has 1 fully saturated rings. The van der Waals surface area contributed by atoms with E-state index < -0.39 is 17.3 Å². The van der Waals surface area contributed by atoms with Gasteiger partial charge in [-0.3, -0.25) is 4.79 Å². The summed E-state index contributed by atoms with van der Waals surface area (Å²) in [7, 11) is 0. The second-order valence-corrected chi connectivity index (χ2v) is 7.28. The molecule has 0 aromatic heterocycles. The summed E-state index contributed by atoms with van der Waals surface area (Å²) in [5.74, 6) is -0.629. The van der Waals surface area contributed by atoms with Gasteiger partial charge < -0.3 is 19.9 Å². The summed E-state index contributed by atoms with van der Waals surface area (Å²) in [6, 6.07) is 9.34. The van der Waals surface area contributed by atoms with Crippen LogP contribution in [0.2, 0.25) is 0 Å². The molecule has 0 aliphatic heterocycles. The maximum absolute atomic E-state index is 11.9. The zero-order valence-electron chi connectivity index (χ0n) is 14.4. The highest BCUT2D eigenvalue weighted by Gasteiger charge is 2.47. The third-order valence-corrected chi connectivity index (χ3v) is 3.77. The van der Waals surface area contributed by atoms with Crippen LogP contribution in [0.3, 0.4) is 0 Å². The molecule has 6 heteroatoms. The minimum Gasteiger partial charge on any atom is -0.460 e.